The number of carbonyl (C=O) groups excluding carboxylic acids is 1. The second-order valence-corrected chi connectivity index (χ2v) is 8.72. The Bertz CT molecular complexity index is 816. The van der Waals surface area contributed by atoms with Crippen molar-refractivity contribution in [1.29, 1.82) is 0 Å². The van der Waals surface area contributed by atoms with Crippen molar-refractivity contribution in [3.63, 3.8) is 0 Å². The lowest BCUT2D eigenvalue weighted by Crippen LogP contribution is -2.51. The van der Waals surface area contributed by atoms with Crippen molar-refractivity contribution >= 4 is 11.9 Å². The molecule has 2 aliphatic heterocycles. The Labute approximate surface area is 178 Å². The molecule has 162 valence electrons. The van der Waals surface area contributed by atoms with Gasteiger partial charge in [-0.05, 0) is 49.0 Å². The van der Waals surface area contributed by atoms with Crippen LogP contribution in [-0.4, -0.2) is 58.2 Å². The molecule has 30 heavy (non-hydrogen) atoms. The summed E-state index contributed by atoms with van der Waals surface area (Å²) in [6.45, 7) is 8.45. The lowest BCUT2D eigenvalue weighted by molar-refractivity contribution is -0.127. The third-order valence-electron chi connectivity index (χ3n) is 6.20. The van der Waals surface area contributed by atoms with E-state index in [2.05, 4.69) is 44.1 Å². The lowest BCUT2D eigenvalue weighted by atomic mass is 9.93. The number of hydrogen-bond acceptors (Lipinski definition) is 7. The number of hydrogen-bond donors (Lipinski definition) is 1. The van der Waals surface area contributed by atoms with Gasteiger partial charge < -0.3 is 14.7 Å². The maximum atomic E-state index is 12.7. The van der Waals surface area contributed by atoms with Gasteiger partial charge in [-0.3, -0.25) is 14.7 Å². The zero-order valence-electron chi connectivity index (χ0n) is 18.0. The van der Waals surface area contributed by atoms with Crippen LogP contribution in [0, 0.1) is 5.92 Å². The van der Waals surface area contributed by atoms with Crippen molar-refractivity contribution in [3.8, 4) is 0 Å². The molecule has 0 radical (unpaired) electrons. The summed E-state index contributed by atoms with van der Waals surface area (Å²) < 4.78 is 5.36. The maximum absolute atomic E-state index is 12.7. The van der Waals surface area contributed by atoms with Crippen LogP contribution in [0.3, 0.4) is 0 Å². The van der Waals surface area contributed by atoms with Crippen LogP contribution in [-0.2, 0) is 11.3 Å². The summed E-state index contributed by atoms with van der Waals surface area (Å²) in [4.78, 5) is 26.1. The monoisotopic (exact) mass is 412 g/mol. The Balaban J connectivity index is 1.26. The SMILES string of the molecule is CC(C)c1nc(N2CCC(N3CCCC(C(=O)NCc4cccnc4)C3)CC2)no1. The minimum Gasteiger partial charge on any atom is -0.352 e. The van der Waals surface area contributed by atoms with Crippen molar-refractivity contribution < 1.29 is 9.32 Å². The summed E-state index contributed by atoms with van der Waals surface area (Å²) in [5.41, 5.74) is 1.04. The minimum absolute atomic E-state index is 0.0688. The number of nitrogens with one attached hydrogen (secondary N) is 1. The number of piperidine rings is 2. The first-order chi connectivity index (χ1) is 14.6. The number of amides is 1. The molecule has 4 heterocycles. The summed E-state index contributed by atoms with van der Waals surface area (Å²) in [6.07, 6.45) is 7.72. The minimum atomic E-state index is 0.0688. The maximum Gasteiger partial charge on any atom is 0.266 e. The van der Waals surface area contributed by atoms with Crippen molar-refractivity contribution in [1.82, 2.24) is 25.3 Å². The molecule has 8 heteroatoms. The number of nitrogens with zero attached hydrogens (tertiary/aromatic N) is 5. The number of likely N-dealkylation sites (tertiary alicyclic amines) is 1. The zero-order chi connectivity index (χ0) is 20.9. The largest absolute Gasteiger partial charge is 0.352 e. The smallest absolute Gasteiger partial charge is 0.266 e. The Morgan fingerprint density at radius 1 is 1.27 bits per heavy atom. The highest BCUT2D eigenvalue weighted by Crippen LogP contribution is 2.26. The molecule has 2 aromatic rings. The normalized spacial score (nSPS) is 21.2. The molecule has 0 saturated carbocycles. The summed E-state index contributed by atoms with van der Waals surface area (Å²) in [5.74, 6) is 1.89. The van der Waals surface area contributed by atoms with Gasteiger partial charge in [0.05, 0.1) is 5.92 Å². The first-order valence-corrected chi connectivity index (χ1v) is 11.1. The van der Waals surface area contributed by atoms with Crippen molar-refractivity contribution in [2.75, 3.05) is 31.1 Å². The molecule has 2 saturated heterocycles. The molecule has 8 nitrogen and oxygen atoms in total. The quantitative estimate of drug-likeness (QED) is 0.780. The molecule has 2 aliphatic rings. The van der Waals surface area contributed by atoms with Crippen LogP contribution in [0.1, 0.15) is 56.9 Å². The Kier molecular flexibility index (Phi) is 6.62. The third kappa shape index (κ3) is 4.98. The van der Waals surface area contributed by atoms with Gasteiger partial charge in [0.25, 0.3) is 5.95 Å². The summed E-state index contributed by atoms with van der Waals surface area (Å²) >= 11 is 0. The fourth-order valence-corrected chi connectivity index (χ4v) is 4.41. The molecule has 4 rings (SSSR count). The van der Waals surface area contributed by atoms with Crippen molar-refractivity contribution in [3.05, 3.63) is 36.0 Å². The predicted octanol–water partition coefficient (Wildman–Crippen LogP) is 2.59. The topological polar surface area (TPSA) is 87.4 Å². The van der Waals surface area contributed by atoms with Crippen LogP contribution < -0.4 is 10.2 Å². The molecular formula is C22H32N6O2. The van der Waals surface area contributed by atoms with Gasteiger partial charge in [0.15, 0.2) is 0 Å². The number of pyridine rings is 1. The molecule has 2 aromatic heterocycles. The van der Waals surface area contributed by atoms with Gasteiger partial charge in [-0.25, -0.2) is 0 Å². The first-order valence-electron chi connectivity index (χ1n) is 11.1. The van der Waals surface area contributed by atoms with E-state index in [1.54, 1.807) is 12.4 Å². The van der Waals surface area contributed by atoms with Gasteiger partial charge in [-0.2, -0.15) is 4.98 Å². The molecular weight excluding hydrogens is 380 g/mol. The Hall–Kier alpha value is -2.48. The van der Waals surface area contributed by atoms with E-state index in [0.717, 1.165) is 57.4 Å². The molecule has 0 aliphatic carbocycles. The first kappa shape index (κ1) is 20.8. The van der Waals surface area contributed by atoms with Crippen LogP contribution in [0.25, 0.3) is 0 Å². The van der Waals surface area contributed by atoms with Gasteiger partial charge >= 0.3 is 0 Å². The Morgan fingerprint density at radius 2 is 2.10 bits per heavy atom. The summed E-state index contributed by atoms with van der Waals surface area (Å²) in [5, 5.41) is 7.24. The van der Waals surface area contributed by atoms with Crippen LogP contribution in [0.15, 0.2) is 29.0 Å². The Morgan fingerprint density at radius 3 is 2.80 bits per heavy atom. The van der Waals surface area contributed by atoms with Crippen molar-refractivity contribution in [2.45, 2.75) is 58.0 Å². The van der Waals surface area contributed by atoms with E-state index in [4.69, 9.17) is 4.52 Å². The van der Waals surface area contributed by atoms with Crippen molar-refractivity contribution in [2.24, 2.45) is 5.92 Å². The van der Waals surface area contributed by atoms with Gasteiger partial charge in [-0.1, -0.05) is 19.9 Å². The highest BCUT2D eigenvalue weighted by Gasteiger charge is 2.32. The summed E-state index contributed by atoms with van der Waals surface area (Å²) in [6, 6.07) is 4.41. The molecule has 1 unspecified atom stereocenters. The molecule has 1 N–H and O–H groups in total. The fourth-order valence-electron chi connectivity index (χ4n) is 4.41. The highest BCUT2D eigenvalue weighted by atomic mass is 16.5. The number of rotatable bonds is 6. The second-order valence-electron chi connectivity index (χ2n) is 8.72. The van der Waals surface area contributed by atoms with E-state index in [0.29, 0.717) is 24.4 Å². The van der Waals surface area contributed by atoms with Crippen LogP contribution in [0.5, 0.6) is 0 Å². The molecule has 1 amide bonds. The van der Waals surface area contributed by atoms with E-state index >= 15 is 0 Å². The molecule has 0 spiro atoms. The highest BCUT2D eigenvalue weighted by molar-refractivity contribution is 5.78. The zero-order valence-corrected chi connectivity index (χ0v) is 18.0. The van der Waals surface area contributed by atoms with Gasteiger partial charge in [0.1, 0.15) is 0 Å². The third-order valence-corrected chi connectivity index (χ3v) is 6.20. The van der Waals surface area contributed by atoms with Crippen LogP contribution in [0.4, 0.5) is 5.95 Å². The summed E-state index contributed by atoms with van der Waals surface area (Å²) in [7, 11) is 0. The van der Waals surface area contributed by atoms with E-state index in [1.165, 1.54) is 0 Å². The average molecular weight is 413 g/mol. The molecule has 0 bridgehead atoms. The second kappa shape index (κ2) is 9.55. The standard InChI is InChI=1S/C22H32N6O2/c1-16(2)21-25-22(26-30-21)27-11-7-19(8-12-27)28-10-4-6-18(15-28)20(29)24-14-17-5-3-9-23-13-17/h3,5,9,13,16,18-19H,4,6-8,10-12,14-15H2,1-2H3,(H,24,29). The molecule has 2 fully saturated rings. The van der Waals surface area contributed by atoms with E-state index < -0.39 is 0 Å². The van der Waals surface area contributed by atoms with Gasteiger partial charge in [0, 0.05) is 50.5 Å². The number of carbonyl (C=O) groups is 1. The number of aromatic nitrogens is 3. The number of anilines is 1. The average Bonchev–Trinajstić information content (AvgIpc) is 3.29. The van der Waals surface area contributed by atoms with E-state index in [-0.39, 0.29) is 17.7 Å². The van der Waals surface area contributed by atoms with Crippen LogP contribution >= 0.6 is 0 Å². The van der Waals surface area contributed by atoms with Gasteiger partial charge in [0.2, 0.25) is 11.8 Å². The fraction of sp³-hybridized carbons (Fsp3) is 0.636. The van der Waals surface area contributed by atoms with E-state index in [1.807, 2.05) is 12.1 Å². The van der Waals surface area contributed by atoms with E-state index in [9.17, 15) is 4.79 Å². The molecule has 1 atom stereocenters. The lowest BCUT2D eigenvalue weighted by Gasteiger charge is -2.41. The van der Waals surface area contributed by atoms with Crippen LogP contribution in [0.2, 0.25) is 0 Å². The molecule has 0 aromatic carbocycles. The van der Waals surface area contributed by atoms with Gasteiger partial charge in [-0.15, -0.1) is 0 Å². The predicted molar refractivity (Wildman–Crippen MR) is 114 cm³/mol.